The van der Waals surface area contributed by atoms with Gasteiger partial charge in [-0.2, -0.15) is 4.31 Å². The van der Waals surface area contributed by atoms with Crippen molar-refractivity contribution in [1.29, 1.82) is 0 Å². The van der Waals surface area contributed by atoms with Crippen molar-refractivity contribution in [2.45, 2.75) is 18.4 Å². The van der Waals surface area contributed by atoms with Gasteiger partial charge in [0.15, 0.2) is 11.6 Å². The number of nitro benzene ring substituents is 1. The van der Waals surface area contributed by atoms with E-state index < -0.39 is 20.8 Å². The third-order valence-electron chi connectivity index (χ3n) is 5.02. The molecule has 29 heavy (non-hydrogen) atoms. The van der Waals surface area contributed by atoms with Crippen LogP contribution in [0.15, 0.2) is 41.3 Å². The number of halogens is 1. The lowest BCUT2D eigenvalue weighted by atomic mass is 10.2. The van der Waals surface area contributed by atoms with E-state index in [2.05, 4.69) is 0 Å². The molecule has 0 aliphatic carbocycles. The number of nitro groups is 1. The maximum Gasteiger partial charge on any atom is 0.273 e. The van der Waals surface area contributed by atoms with E-state index >= 15 is 0 Å². The van der Waals surface area contributed by atoms with Crippen LogP contribution in [0.3, 0.4) is 0 Å². The second-order valence-corrected chi connectivity index (χ2v) is 8.71. The molecule has 156 valence electrons. The second-order valence-electron chi connectivity index (χ2n) is 6.81. The minimum atomic E-state index is -3.84. The Labute approximate surface area is 168 Å². The molecule has 10 heteroatoms. The van der Waals surface area contributed by atoms with E-state index in [1.807, 2.05) is 4.90 Å². The zero-order chi connectivity index (χ0) is 21.2. The predicted molar refractivity (Wildman–Crippen MR) is 105 cm³/mol. The van der Waals surface area contributed by atoms with Crippen molar-refractivity contribution in [3.63, 3.8) is 0 Å². The number of piperazine rings is 1. The van der Waals surface area contributed by atoms with E-state index in [1.54, 1.807) is 12.1 Å². The Morgan fingerprint density at radius 1 is 1.17 bits per heavy atom. The van der Waals surface area contributed by atoms with Crippen molar-refractivity contribution in [2.75, 3.05) is 33.3 Å². The Bertz CT molecular complexity index is 1020. The van der Waals surface area contributed by atoms with Crippen molar-refractivity contribution >= 4 is 15.7 Å². The van der Waals surface area contributed by atoms with Crippen LogP contribution in [-0.4, -0.2) is 55.8 Å². The van der Waals surface area contributed by atoms with Crippen LogP contribution in [0.1, 0.15) is 11.1 Å². The van der Waals surface area contributed by atoms with Gasteiger partial charge in [0.1, 0.15) is 0 Å². The van der Waals surface area contributed by atoms with Gasteiger partial charge in [0.05, 0.1) is 16.9 Å². The summed E-state index contributed by atoms with van der Waals surface area (Å²) in [6.07, 6.45) is 0. The van der Waals surface area contributed by atoms with E-state index in [1.165, 1.54) is 42.6 Å². The van der Waals surface area contributed by atoms with Crippen molar-refractivity contribution in [1.82, 2.24) is 9.21 Å². The van der Waals surface area contributed by atoms with E-state index in [0.29, 0.717) is 19.6 Å². The molecule has 0 spiro atoms. The molecule has 0 N–H and O–H groups in total. The van der Waals surface area contributed by atoms with E-state index in [0.717, 1.165) is 5.56 Å². The predicted octanol–water partition coefficient (Wildman–Crippen LogP) is 2.56. The van der Waals surface area contributed by atoms with Crippen LogP contribution in [0.4, 0.5) is 10.1 Å². The Hall–Kier alpha value is -2.56. The molecule has 1 saturated heterocycles. The van der Waals surface area contributed by atoms with Crippen LogP contribution >= 0.6 is 0 Å². The topological polar surface area (TPSA) is 93.0 Å². The zero-order valence-electron chi connectivity index (χ0n) is 16.2. The molecule has 8 nitrogen and oxygen atoms in total. The summed E-state index contributed by atoms with van der Waals surface area (Å²) in [5.41, 5.74) is 0.689. The number of hydrogen-bond donors (Lipinski definition) is 0. The third kappa shape index (κ3) is 4.39. The van der Waals surface area contributed by atoms with Gasteiger partial charge in [0.2, 0.25) is 10.0 Å². The van der Waals surface area contributed by atoms with E-state index in [4.69, 9.17) is 4.74 Å². The van der Waals surface area contributed by atoms with Gasteiger partial charge in [-0.3, -0.25) is 15.0 Å². The fourth-order valence-electron chi connectivity index (χ4n) is 3.41. The highest BCUT2D eigenvalue weighted by atomic mass is 32.2. The summed E-state index contributed by atoms with van der Waals surface area (Å²) in [5.74, 6) is -0.260. The SMILES string of the molecule is COc1ccc(CN2CCN(S(=O)(=O)c3cccc([N+](=O)[O-])c3C)CC2)cc1F. The van der Waals surface area contributed by atoms with Gasteiger partial charge in [-0.25, -0.2) is 12.8 Å². The van der Waals surface area contributed by atoms with Crippen LogP contribution in [-0.2, 0) is 16.6 Å². The highest BCUT2D eigenvalue weighted by Crippen LogP contribution is 2.28. The first-order valence-electron chi connectivity index (χ1n) is 9.03. The number of benzene rings is 2. The van der Waals surface area contributed by atoms with Gasteiger partial charge in [0.25, 0.3) is 5.69 Å². The molecule has 0 bridgehead atoms. The van der Waals surface area contributed by atoms with Crippen molar-refractivity contribution in [3.05, 3.63) is 63.5 Å². The lowest BCUT2D eigenvalue weighted by Crippen LogP contribution is -2.48. The molecule has 1 aliphatic rings. The summed E-state index contributed by atoms with van der Waals surface area (Å²) < 4.78 is 46.1. The summed E-state index contributed by atoms with van der Waals surface area (Å²) in [6.45, 7) is 3.39. The first kappa shape index (κ1) is 21.2. The average molecular weight is 423 g/mol. The van der Waals surface area contributed by atoms with Gasteiger partial charge < -0.3 is 4.74 Å². The van der Waals surface area contributed by atoms with E-state index in [-0.39, 0.29) is 35.0 Å². The minimum Gasteiger partial charge on any atom is -0.494 e. The molecular formula is C19H22FN3O5S. The molecule has 2 aromatic carbocycles. The van der Waals surface area contributed by atoms with Gasteiger partial charge in [-0.15, -0.1) is 0 Å². The Morgan fingerprint density at radius 3 is 2.45 bits per heavy atom. The van der Waals surface area contributed by atoms with Crippen LogP contribution in [0, 0.1) is 22.9 Å². The molecule has 0 radical (unpaired) electrons. The average Bonchev–Trinajstić information content (AvgIpc) is 2.68. The van der Waals surface area contributed by atoms with Gasteiger partial charge in [-0.1, -0.05) is 12.1 Å². The fourth-order valence-corrected chi connectivity index (χ4v) is 5.08. The largest absolute Gasteiger partial charge is 0.494 e. The van der Waals surface area contributed by atoms with Crippen LogP contribution in [0.2, 0.25) is 0 Å². The standard InChI is InChI=1S/C19H22FN3O5S/c1-14-17(23(24)25)4-3-5-19(14)29(26,27)22-10-8-21(9-11-22)13-15-6-7-18(28-2)16(20)12-15/h3-7,12H,8-11,13H2,1-2H3. The Morgan fingerprint density at radius 2 is 1.86 bits per heavy atom. The van der Waals surface area contributed by atoms with Crippen molar-refractivity contribution in [2.24, 2.45) is 0 Å². The van der Waals surface area contributed by atoms with Crippen molar-refractivity contribution in [3.8, 4) is 5.75 Å². The van der Waals surface area contributed by atoms with Crippen LogP contribution in [0.25, 0.3) is 0 Å². The zero-order valence-corrected chi connectivity index (χ0v) is 17.0. The summed E-state index contributed by atoms with van der Waals surface area (Å²) in [5, 5.41) is 11.1. The normalized spacial score (nSPS) is 16.0. The Balaban J connectivity index is 1.69. The van der Waals surface area contributed by atoms with Gasteiger partial charge >= 0.3 is 0 Å². The number of methoxy groups -OCH3 is 1. The minimum absolute atomic E-state index is 0.0441. The molecular weight excluding hydrogens is 401 g/mol. The van der Waals surface area contributed by atoms with Crippen LogP contribution < -0.4 is 4.74 Å². The van der Waals surface area contributed by atoms with Crippen molar-refractivity contribution < 1.29 is 22.5 Å². The Kier molecular flexibility index (Phi) is 6.15. The number of sulfonamides is 1. The molecule has 0 saturated carbocycles. The molecule has 1 fully saturated rings. The quantitative estimate of drug-likeness (QED) is 0.524. The summed E-state index contributed by atoms with van der Waals surface area (Å²) in [6, 6.07) is 8.82. The molecule has 1 heterocycles. The maximum atomic E-state index is 13.9. The summed E-state index contributed by atoms with van der Waals surface area (Å²) in [7, 11) is -2.43. The molecule has 0 atom stereocenters. The first-order chi connectivity index (χ1) is 13.7. The fraction of sp³-hybridized carbons (Fsp3) is 0.368. The number of hydrogen-bond acceptors (Lipinski definition) is 6. The summed E-state index contributed by atoms with van der Waals surface area (Å²) in [4.78, 5) is 12.5. The van der Waals surface area contributed by atoms with Gasteiger partial charge in [0, 0.05) is 44.4 Å². The number of rotatable bonds is 6. The lowest BCUT2D eigenvalue weighted by Gasteiger charge is -2.34. The number of nitrogens with zero attached hydrogens (tertiary/aromatic N) is 3. The summed E-state index contributed by atoms with van der Waals surface area (Å²) >= 11 is 0. The lowest BCUT2D eigenvalue weighted by molar-refractivity contribution is -0.385. The maximum absolute atomic E-state index is 13.9. The van der Waals surface area contributed by atoms with Crippen LogP contribution in [0.5, 0.6) is 5.75 Å². The number of ether oxygens (including phenoxy) is 1. The molecule has 3 rings (SSSR count). The smallest absolute Gasteiger partial charge is 0.273 e. The third-order valence-corrected chi connectivity index (χ3v) is 7.07. The monoisotopic (exact) mass is 423 g/mol. The van der Waals surface area contributed by atoms with E-state index in [9.17, 15) is 22.9 Å². The second kappa shape index (κ2) is 8.44. The molecule has 0 aromatic heterocycles. The molecule has 0 unspecified atom stereocenters. The van der Waals surface area contributed by atoms with Gasteiger partial charge in [-0.05, 0) is 30.7 Å². The highest BCUT2D eigenvalue weighted by molar-refractivity contribution is 7.89. The molecule has 2 aromatic rings. The first-order valence-corrected chi connectivity index (χ1v) is 10.5. The highest BCUT2D eigenvalue weighted by Gasteiger charge is 2.31. The molecule has 1 aliphatic heterocycles. The molecule has 0 amide bonds.